The van der Waals surface area contributed by atoms with Crippen LogP contribution in [0, 0.1) is 0 Å². The van der Waals surface area contributed by atoms with Crippen molar-refractivity contribution in [1.82, 2.24) is 9.55 Å². The number of nitrogens with zero attached hydrogens (tertiary/aromatic N) is 2. The van der Waals surface area contributed by atoms with Crippen molar-refractivity contribution in [2.45, 2.75) is 32.4 Å². The zero-order valence-electron chi connectivity index (χ0n) is 13.4. The van der Waals surface area contributed by atoms with Gasteiger partial charge in [-0.1, -0.05) is 19.6 Å². The van der Waals surface area contributed by atoms with Gasteiger partial charge in [0.1, 0.15) is 12.6 Å². The highest BCUT2D eigenvalue weighted by atomic mass is 28.3. The van der Waals surface area contributed by atoms with Crippen LogP contribution in [0.1, 0.15) is 0 Å². The van der Waals surface area contributed by atoms with E-state index in [9.17, 15) is 0 Å². The van der Waals surface area contributed by atoms with Gasteiger partial charge < -0.3 is 14.6 Å². The summed E-state index contributed by atoms with van der Waals surface area (Å²) in [5, 5.41) is 3.12. The Kier molecular flexibility index (Phi) is 5.20. The van der Waals surface area contributed by atoms with Gasteiger partial charge in [0.15, 0.2) is 0 Å². The van der Waals surface area contributed by atoms with Gasteiger partial charge in [-0.25, -0.2) is 4.98 Å². The van der Waals surface area contributed by atoms with E-state index in [1.54, 1.807) is 0 Å². The highest BCUT2D eigenvalue weighted by molar-refractivity contribution is 6.76. The second kappa shape index (κ2) is 6.91. The van der Waals surface area contributed by atoms with Crippen molar-refractivity contribution in [2.75, 3.05) is 19.0 Å². The van der Waals surface area contributed by atoms with Gasteiger partial charge in [0.05, 0.1) is 0 Å². The molecular weight excluding hydrogens is 278 g/mol. The Hall–Kier alpha value is -1.59. The molecule has 0 bridgehead atoms. The van der Waals surface area contributed by atoms with Gasteiger partial charge in [0, 0.05) is 45.4 Å². The second-order valence-corrected chi connectivity index (χ2v) is 12.0. The fourth-order valence-electron chi connectivity index (χ4n) is 2.00. The lowest BCUT2D eigenvalue weighted by atomic mass is 10.2. The van der Waals surface area contributed by atoms with Gasteiger partial charge in [-0.3, -0.25) is 0 Å². The number of ether oxygens (including phenoxy) is 1. The summed E-state index contributed by atoms with van der Waals surface area (Å²) in [5.74, 6) is 0.950. The summed E-state index contributed by atoms with van der Waals surface area (Å²) < 4.78 is 7.86. The lowest BCUT2D eigenvalue weighted by Gasteiger charge is -2.16. The Bertz CT molecular complexity index is 558. The first-order chi connectivity index (χ1) is 9.99. The summed E-state index contributed by atoms with van der Waals surface area (Å²) in [4.78, 5) is 4.44. The van der Waals surface area contributed by atoms with Crippen molar-refractivity contribution in [3.05, 3.63) is 36.7 Å². The molecule has 1 N–H and O–H groups in total. The number of anilines is 1. The van der Waals surface area contributed by atoms with E-state index in [2.05, 4.69) is 58.8 Å². The number of benzene rings is 1. The van der Waals surface area contributed by atoms with Crippen LogP contribution < -0.4 is 5.32 Å². The molecule has 1 aromatic carbocycles. The molecule has 0 radical (unpaired) electrons. The lowest BCUT2D eigenvalue weighted by Crippen LogP contribution is -2.22. The molecule has 0 amide bonds. The highest BCUT2D eigenvalue weighted by Gasteiger charge is 2.12. The number of nitrogens with one attached hydrogen (secondary N) is 1. The van der Waals surface area contributed by atoms with E-state index < -0.39 is 8.07 Å². The smallest absolute Gasteiger partial charge is 0.141 e. The maximum absolute atomic E-state index is 5.81. The van der Waals surface area contributed by atoms with E-state index in [1.807, 2.05) is 19.4 Å². The van der Waals surface area contributed by atoms with Crippen molar-refractivity contribution in [3.63, 3.8) is 0 Å². The third-order valence-corrected chi connectivity index (χ3v) is 5.08. The zero-order chi connectivity index (χ0) is 15.3. The van der Waals surface area contributed by atoms with Crippen molar-refractivity contribution >= 4 is 13.8 Å². The van der Waals surface area contributed by atoms with E-state index in [0.717, 1.165) is 23.7 Å². The summed E-state index contributed by atoms with van der Waals surface area (Å²) in [7, 11) is 0.895. The van der Waals surface area contributed by atoms with Crippen LogP contribution in [-0.2, 0) is 11.5 Å². The summed E-state index contributed by atoms with van der Waals surface area (Å²) in [6.45, 7) is 8.48. The van der Waals surface area contributed by atoms with E-state index in [1.165, 1.54) is 6.04 Å². The van der Waals surface area contributed by atoms with Crippen LogP contribution in [0.15, 0.2) is 36.7 Å². The molecule has 1 heterocycles. The van der Waals surface area contributed by atoms with Gasteiger partial charge in [0.2, 0.25) is 0 Å². The van der Waals surface area contributed by atoms with Crippen LogP contribution in [0.3, 0.4) is 0 Å². The van der Waals surface area contributed by atoms with E-state index >= 15 is 0 Å². The molecule has 0 aliphatic heterocycles. The summed E-state index contributed by atoms with van der Waals surface area (Å²) >= 11 is 0. The van der Waals surface area contributed by atoms with E-state index in [4.69, 9.17) is 4.74 Å². The van der Waals surface area contributed by atoms with Gasteiger partial charge >= 0.3 is 0 Å². The van der Waals surface area contributed by atoms with Crippen molar-refractivity contribution in [1.29, 1.82) is 0 Å². The molecule has 4 nitrogen and oxygen atoms in total. The topological polar surface area (TPSA) is 39.1 Å². The number of rotatable bonds is 7. The summed E-state index contributed by atoms with van der Waals surface area (Å²) in [6.07, 6.45) is 3.79. The maximum Gasteiger partial charge on any atom is 0.141 e. The predicted octanol–water partition coefficient (Wildman–Crippen LogP) is 3.90. The largest absolute Gasteiger partial charge is 0.388 e. The molecule has 2 aromatic rings. The minimum absolute atomic E-state index is 0.563. The van der Waals surface area contributed by atoms with Crippen LogP contribution >= 0.6 is 0 Å². The first-order valence-electron chi connectivity index (χ1n) is 7.37. The number of hydrogen-bond donors (Lipinski definition) is 1. The third-order valence-electron chi connectivity index (χ3n) is 3.37. The molecule has 1 aromatic heterocycles. The van der Waals surface area contributed by atoms with Crippen molar-refractivity contribution < 1.29 is 4.74 Å². The highest BCUT2D eigenvalue weighted by Crippen LogP contribution is 2.20. The molecule has 0 fully saturated rings. The van der Waals surface area contributed by atoms with Crippen molar-refractivity contribution in [2.24, 2.45) is 0 Å². The molecule has 0 aliphatic rings. The molecule has 5 heteroatoms. The first-order valence-corrected chi connectivity index (χ1v) is 11.1. The molecule has 0 unspecified atom stereocenters. The normalized spacial score (nSPS) is 11.6. The SMILES string of the molecule is CNc1ccc(-c2nccn2COCC[Si](C)(C)C)cc1. The molecule has 0 saturated heterocycles. The maximum atomic E-state index is 5.81. The molecular formula is C16H25N3OSi. The van der Waals surface area contributed by atoms with Gasteiger partial charge in [0.25, 0.3) is 0 Å². The van der Waals surface area contributed by atoms with Crippen molar-refractivity contribution in [3.8, 4) is 11.4 Å². The van der Waals surface area contributed by atoms with Crippen LogP contribution in [0.2, 0.25) is 25.7 Å². The Morgan fingerprint density at radius 3 is 2.52 bits per heavy atom. The average molecular weight is 303 g/mol. The fraction of sp³-hybridized carbons (Fsp3) is 0.438. The summed E-state index contributed by atoms with van der Waals surface area (Å²) in [6, 6.07) is 9.45. The quantitative estimate of drug-likeness (QED) is 0.623. The fourth-order valence-corrected chi connectivity index (χ4v) is 2.76. The Morgan fingerprint density at radius 1 is 1.19 bits per heavy atom. The predicted molar refractivity (Wildman–Crippen MR) is 91.3 cm³/mol. The van der Waals surface area contributed by atoms with Crippen LogP contribution in [0.4, 0.5) is 5.69 Å². The zero-order valence-corrected chi connectivity index (χ0v) is 14.4. The lowest BCUT2D eigenvalue weighted by molar-refractivity contribution is 0.0883. The Balaban J connectivity index is 1.98. The molecule has 0 saturated carbocycles. The monoisotopic (exact) mass is 303 g/mol. The molecule has 0 aliphatic carbocycles. The van der Waals surface area contributed by atoms with Crippen LogP contribution in [0.5, 0.6) is 0 Å². The van der Waals surface area contributed by atoms with E-state index in [0.29, 0.717) is 6.73 Å². The molecule has 114 valence electrons. The van der Waals surface area contributed by atoms with Gasteiger partial charge in [-0.15, -0.1) is 0 Å². The van der Waals surface area contributed by atoms with Crippen LogP contribution in [-0.4, -0.2) is 31.3 Å². The minimum atomic E-state index is -1.02. The minimum Gasteiger partial charge on any atom is -0.388 e. The molecule has 0 spiro atoms. The number of hydrogen-bond acceptors (Lipinski definition) is 3. The second-order valence-electron chi connectivity index (χ2n) is 6.40. The first kappa shape index (κ1) is 15.8. The number of imidazole rings is 1. The third kappa shape index (κ3) is 4.72. The van der Waals surface area contributed by atoms with Gasteiger partial charge in [-0.2, -0.15) is 0 Å². The van der Waals surface area contributed by atoms with Gasteiger partial charge in [-0.05, 0) is 30.3 Å². The molecule has 0 atom stereocenters. The summed E-state index contributed by atoms with van der Waals surface area (Å²) in [5.41, 5.74) is 2.20. The standard InChI is InChI=1S/C16H25N3OSi/c1-17-15-7-5-14(6-8-15)16-18-9-10-19(16)13-20-11-12-21(2,3)4/h5-10,17H,11-13H2,1-4H3. The molecule has 2 rings (SSSR count). The van der Waals surface area contributed by atoms with E-state index in [-0.39, 0.29) is 0 Å². The van der Waals surface area contributed by atoms with Crippen LogP contribution in [0.25, 0.3) is 11.4 Å². The average Bonchev–Trinajstić information content (AvgIpc) is 2.91. The molecule has 21 heavy (non-hydrogen) atoms. The Morgan fingerprint density at radius 2 is 1.90 bits per heavy atom. The number of aromatic nitrogens is 2. The Labute approximate surface area is 128 Å².